The second kappa shape index (κ2) is 8.15. The summed E-state index contributed by atoms with van der Waals surface area (Å²) in [5, 5.41) is 0. The number of ether oxygens (including phenoxy) is 2. The molecule has 0 N–H and O–H groups in total. The van der Waals surface area contributed by atoms with Crippen LogP contribution in [0.5, 0.6) is 0 Å². The van der Waals surface area contributed by atoms with Gasteiger partial charge in [-0.15, -0.1) is 0 Å². The first-order chi connectivity index (χ1) is 13.4. The van der Waals surface area contributed by atoms with Crippen molar-refractivity contribution in [2.75, 3.05) is 6.61 Å². The Morgan fingerprint density at radius 2 is 1.46 bits per heavy atom. The van der Waals surface area contributed by atoms with Crippen LogP contribution in [0.15, 0.2) is 77.4 Å². The van der Waals surface area contributed by atoms with Crippen molar-refractivity contribution >= 4 is 11.5 Å². The maximum absolute atomic E-state index is 12.9. The average molecular weight is 376 g/mol. The van der Waals surface area contributed by atoms with Crippen molar-refractivity contribution in [1.82, 2.24) is 0 Å². The molecular weight excluding hydrogens is 348 g/mol. The van der Waals surface area contributed by atoms with Gasteiger partial charge in [0.15, 0.2) is 6.10 Å². The molecule has 1 fully saturated rings. The van der Waals surface area contributed by atoms with Gasteiger partial charge in [0.25, 0.3) is 0 Å². The van der Waals surface area contributed by atoms with E-state index >= 15 is 0 Å². The second-order valence-corrected chi connectivity index (χ2v) is 7.66. The molecular formula is C25H28O3. The minimum Gasteiger partial charge on any atom is -0.464 e. The molecule has 0 saturated carbocycles. The zero-order valence-corrected chi connectivity index (χ0v) is 17.3. The molecule has 0 aliphatic carbocycles. The van der Waals surface area contributed by atoms with E-state index in [-0.39, 0.29) is 5.97 Å². The van der Waals surface area contributed by atoms with Gasteiger partial charge in [0.1, 0.15) is 0 Å². The number of benzene rings is 2. The summed E-state index contributed by atoms with van der Waals surface area (Å²) in [4.78, 5) is 12.9. The maximum Gasteiger partial charge on any atom is 0.340 e. The van der Waals surface area contributed by atoms with Crippen molar-refractivity contribution in [3.05, 3.63) is 88.5 Å². The predicted octanol–water partition coefficient (Wildman–Crippen LogP) is 5.57. The molecule has 1 heterocycles. The Balaban J connectivity index is 2.38. The number of hydrogen-bond donors (Lipinski definition) is 0. The maximum atomic E-state index is 12.9. The summed E-state index contributed by atoms with van der Waals surface area (Å²) in [5.74, 6) is -0.341. The normalized spacial score (nSPS) is 18.1. The van der Waals surface area contributed by atoms with Gasteiger partial charge in [-0.1, -0.05) is 66.2 Å². The predicted molar refractivity (Wildman–Crippen MR) is 113 cm³/mol. The Labute approximate surface area is 167 Å². The van der Waals surface area contributed by atoms with Gasteiger partial charge in [0.05, 0.1) is 12.2 Å². The highest BCUT2D eigenvalue weighted by atomic mass is 16.6. The van der Waals surface area contributed by atoms with E-state index < -0.39 is 11.7 Å². The molecule has 1 aliphatic rings. The summed E-state index contributed by atoms with van der Waals surface area (Å²) in [6.07, 6.45) is -0.754. The Kier molecular flexibility index (Phi) is 5.85. The van der Waals surface area contributed by atoms with Crippen molar-refractivity contribution in [3.63, 3.8) is 0 Å². The minimum absolute atomic E-state index is 0.322. The van der Waals surface area contributed by atoms with Crippen LogP contribution in [0, 0.1) is 0 Å². The Bertz CT molecular complexity index is 860. The lowest BCUT2D eigenvalue weighted by molar-refractivity contribution is -0.156. The molecule has 28 heavy (non-hydrogen) atoms. The first-order valence-corrected chi connectivity index (χ1v) is 9.74. The molecule has 1 saturated heterocycles. The van der Waals surface area contributed by atoms with Crippen molar-refractivity contribution in [2.45, 2.75) is 46.3 Å². The molecule has 0 spiro atoms. The number of rotatable bonds is 4. The monoisotopic (exact) mass is 376 g/mol. The number of carbonyl (C=O) groups is 1. The van der Waals surface area contributed by atoms with Crippen LogP contribution in [0.1, 0.15) is 45.7 Å². The smallest absolute Gasteiger partial charge is 0.340 e. The SMILES string of the molecule is CCOC(=O)C1OC(C)(C)C(=C(C)C)C1=C(c1ccccc1)c1ccccc1. The Morgan fingerprint density at radius 1 is 0.964 bits per heavy atom. The molecule has 3 rings (SSSR count). The standard InChI is InChI=1S/C25H28O3/c1-6-27-24(26)23-21(22(17(2)3)25(4,5)28-23)20(18-13-9-7-10-14-18)19-15-11-8-12-16-19/h7-16,23H,6H2,1-5H3. The van der Waals surface area contributed by atoms with E-state index in [2.05, 4.69) is 38.1 Å². The fourth-order valence-electron chi connectivity index (χ4n) is 4.07. The summed E-state index contributed by atoms with van der Waals surface area (Å²) in [5.41, 5.74) is 5.64. The zero-order valence-electron chi connectivity index (χ0n) is 17.3. The average Bonchev–Trinajstić information content (AvgIpc) is 2.95. The summed E-state index contributed by atoms with van der Waals surface area (Å²) in [6.45, 7) is 10.3. The molecule has 2 aromatic rings. The molecule has 1 aliphatic heterocycles. The molecule has 0 bridgehead atoms. The highest BCUT2D eigenvalue weighted by Gasteiger charge is 2.47. The highest BCUT2D eigenvalue weighted by Crippen LogP contribution is 2.46. The molecule has 0 amide bonds. The minimum atomic E-state index is -0.754. The van der Waals surface area contributed by atoms with E-state index in [0.717, 1.165) is 33.4 Å². The van der Waals surface area contributed by atoms with E-state index in [1.807, 2.05) is 57.2 Å². The van der Waals surface area contributed by atoms with Gasteiger partial charge >= 0.3 is 5.97 Å². The number of hydrogen-bond acceptors (Lipinski definition) is 3. The van der Waals surface area contributed by atoms with Crippen molar-refractivity contribution in [1.29, 1.82) is 0 Å². The summed E-state index contributed by atoms with van der Waals surface area (Å²) in [7, 11) is 0. The first kappa shape index (κ1) is 20.1. The van der Waals surface area contributed by atoms with Crippen molar-refractivity contribution in [2.24, 2.45) is 0 Å². The van der Waals surface area contributed by atoms with Crippen LogP contribution < -0.4 is 0 Å². The highest BCUT2D eigenvalue weighted by molar-refractivity contribution is 5.93. The first-order valence-electron chi connectivity index (χ1n) is 9.74. The number of allylic oxidation sites excluding steroid dienone is 1. The number of carbonyl (C=O) groups excluding carboxylic acids is 1. The quantitative estimate of drug-likeness (QED) is 0.655. The van der Waals surface area contributed by atoms with Gasteiger partial charge in [-0.2, -0.15) is 0 Å². The van der Waals surface area contributed by atoms with Crippen LogP contribution in [0.3, 0.4) is 0 Å². The fourth-order valence-corrected chi connectivity index (χ4v) is 4.07. The Morgan fingerprint density at radius 3 is 1.89 bits per heavy atom. The third-order valence-electron chi connectivity index (χ3n) is 4.94. The second-order valence-electron chi connectivity index (χ2n) is 7.66. The topological polar surface area (TPSA) is 35.5 Å². The van der Waals surface area contributed by atoms with Crippen LogP contribution in [0.2, 0.25) is 0 Å². The van der Waals surface area contributed by atoms with E-state index in [1.54, 1.807) is 0 Å². The van der Waals surface area contributed by atoms with E-state index in [0.29, 0.717) is 6.61 Å². The molecule has 3 heteroatoms. The van der Waals surface area contributed by atoms with Crippen molar-refractivity contribution < 1.29 is 14.3 Å². The molecule has 0 radical (unpaired) electrons. The molecule has 1 unspecified atom stereocenters. The molecule has 0 aromatic heterocycles. The third-order valence-corrected chi connectivity index (χ3v) is 4.94. The molecule has 2 aromatic carbocycles. The van der Waals surface area contributed by atoms with Crippen molar-refractivity contribution in [3.8, 4) is 0 Å². The molecule has 146 valence electrons. The van der Waals surface area contributed by atoms with Gasteiger partial charge in [0, 0.05) is 5.57 Å². The molecule has 1 atom stereocenters. The van der Waals surface area contributed by atoms with Crippen LogP contribution >= 0.6 is 0 Å². The summed E-state index contributed by atoms with van der Waals surface area (Å²) >= 11 is 0. The summed E-state index contributed by atoms with van der Waals surface area (Å²) < 4.78 is 11.7. The van der Waals surface area contributed by atoms with Gasteiger partial charge in [-0.05, 0) is 56.9 Å². The van der Waals surface area contributed by atoms with E-state index in [4.69, 9.17) is 9.47 Å². The van der Waals surface area contributed by atoms with Crippen LogP contribution in [0.4, 0.5) is 0 Å². The van der Waals surface area contributed by atoms with Gasteiger partial charge in [-0.25, -0.2) is 4.79 Å². The largest absolute Gasteiger partial charge is 0.464 e. The van der Waals surface area contributed by atoms with Gasteiger partial charge in [-0.3, -0.25) is 0 Å². The lowest BCUT2D eigenvalue weighted by atomic mass is 9.82. The third kappa shape index (κ3) is 3.81. The zero-order chi connectivity index (χ0) is 20.3. The lowest BCUT2D eigenvalue weighted by Crippen LogP contribution is -2.28. The fraction of sp³-hybridized carbons (Fsp3) is 0.320. The van der Waals surface area contributed by atoms with Gasteiger partial charge < -0.3 is 9.47 Å². The van der Waals surface area contributed by atoms with Crippen LogP contribution in [0.25, 0.3) is 5.57 Å². The van der Waals surface area contributed by atoms with E-state index in [9.17, 15) is 4.79 Å². The van der Waals surface area contributed by atoms with Crippen LogP contribution in [-0.2, 0) is 14.3 Å². The molecule has 3 nitrogen and oxygen atoms in total. The van der Waals surface area contributed by atoms with E-state index in [1.165, 1.54) is 0 Å². The summed E-state index contributed by atoms with van der Waals surface area (Å²) in [6, 6.07) is 20.4. The number of esters is 1. The lowest BCUT2D eigenvalue weighted by Gasteiger charge is -2.21. The van der Waals surface area contributed by atoms with Crippen LogP contribution in [-0.4, -0.2) is 24.3 Å². The van der Waals surface area contributed by atoms with Gasteiger partial charge in [0.2, 0.25) is 0 Å². The Hall–Kier alpha value is -2.65.